The van der Waals surface area contributed by atoms with Crippen LogP contribution in [-0.2, 0) is 4.79 Å². The molecule has 7 heteroatoms. The van der Waals surface area contributed by atoms with Gasteiger partial charge in [0, 0.05) is 10.6 Å². The normalized spacial score (nSPS) is 13.9. The van der Waals surface area contributed by atoms with Crippen LogP contribution in [0.1, 0.15) is 28.4 Å². The van der Waals surface area contributed by atoms with Crippen molar-refractivity contribution in [3.63, 3.8) is 0 Å². The highest BCUT2D eigenvalue weighted by Crippen LogP contribution is 2.29. The highest BCUT2D eigenvalue weighted by Gasteiger charge is 2.27. The van der Waals surface area contributed by atoms with Crippen molar-refractivity contribution in [2.45, 2.75) is 18.6 Å². The van der Waals surface area contributed by atoms with Crippen molar-refractivity contribution in [2.24, 2.45) is 0 Å². The standard InChI is InChI=1S/C11H11ClO6/c12-6-3-1-2-5(11(17)18)9(6)10(16)7(13)4-8(14)15/h1-3,7,10,13,16H,4H2,(H,14,15)(H,17,18). The summed E-state index contributed by atoms with van der Waals surface area (Å²) in [4.78, 5) is 21.4. The Morgan fingerprint density at radius 1 is 1.22 bits per heavy atom. The number of carboxylic acids is 2. The van der Waals surface area contributed by atoms with Gasteiger partial charge in [0.2, 0.25) is 0 Å². The number of hydrogen-bond donors (Lipinski definition) is 4. The smallest absolute Gasteiger partial charge is 0.336 e. The van der Waals surface area contributed by atoms with Crippen LogP contribution in [0, 0.1) is 0 Å². The summed E-state index contributed by atoms with van der Waals surface area (Å²) in [5.74, 6) is -2.64. The molecule has 6 nitrogen and oxygen atoms in total. The number of aliphatic hydroxyl groups is 2. The number of halogens is 1. The molecule has 0 aromatic heterocycles. The van der Waals surface area contributed by atoms with E-state index in [0.717, 1.165) is 0 Å². The van der Waals surface area contributed by atoms with Crippen molar-refractivity contribution in [1.82, 2.24) is 0 Å². The first-order valence-electron chi connectivity index (χ1n) is 4.94. The van der Waals surface area contributed by atoms with Crippen LogP contribution in [0.4, 0.5) is 0 Å². The molecular formula is C11H11ClO6. The van der Waals surface area contributed by atoms with Gasteiger partial charge in [-0.05, 0) is 12.1 Å². The monoisotopic (exact) mass is 274 g/mol. The predicted octanol–water partition coefficient (Wildman–Crippen LogP) is 0.907. The lowest BCUT2D eigenvalue weighted by Crippen LogP contribution is -2.23. The minimum atomic E-state index is -1.68. The number of hydrogen-bond acceptors (Lipinski definition) is 4. The van der Waals surface area contributed by atoms with Gasteiger partial charge in [-0.1, -0.05) is 17.7 Å². The molecule has 98 valence electrons. The highest BCUT2D eigenvalue weighted by molar-refractivity contribution is 6.31. The first-order valence-corrected chi connectivity index (χ1v) is 5.32. The zero-order valence-electron chi connectivity index (χ0n) is 9.08. The van der Waals surface area contributed by atoms with Gasteiger partial charge < -0.3 is 20.4 Å². The maximum Gasteiger partial charge on any atom is 0.336 e. The number of aromatic carboxylic acids is 1. The molecule has 0 aliphatic rings. The van der Waals surface area contributed by atoms with Crippen molar-refractivity contribution in [3.05, 3.63) is 34.3 Å². The van der Waals surface area contributed by atoms with Crippen LogP contribution in [0.15, 0.2) is 18.2 Å². The Bertz CT molecular complexity index is 473. The lowest BCUT2D eigenvalue weighted by atomic mass is 9.97. The molecule has 0 spiro atoms. The van der Waals surface area contributed by atoms with Crippen LogP contribution in [0.25, 0.3) is 0 Å². The van der Waals surface area contributed by atoms with Crippen molar-refractivity contribution in [3.8, 4) is 0 Å². The quantitative estimate of drug-likeness (QED) is 0.634. The van der Waals surface area contributed by atoms with E-state index in [1.54, 1.807) is 0 Å². The number of carbonyl (C=O) groups is 2. The first kappa shape index (κ1) is 14.4. The highest BCUT2D eigenvalue weighted by atomic mass is 35.5. The zero-order valence-corrected chi connectivity index (χ0v) is 9.83. The summed E-state index contributed by atoms with van der Waals surface area (Å²) in [6, 6.07) is 3.94. The lowest BCUT2D eigenvalue weighted by molar-refractivity contribution is -0.141. The molecule has 0 aliphatic heterocycles. The Hall–Kier alpha value is -1.63. The van der Waals surface area contributed by atoms with Gasteiger partial charge >= 0.3 is 11.9 Å². The van der Waals surface area contributed by atoms with E-state index in [4.69, 9.17) is 21.8 Å². The third-order valence-corrected chi connectivity index (χ3v) is 2.66. The van der Waals surface area contributed by atoms with Crippen LogP contribution in [-0.4, -0.2) is 38.5 Å². The second-order valence-electron chi connectivity index (χ2n) is 3.62. The summed E-state index contributed by atoms with van der Waals surface area (Å²) in [5, 5.41) is 36.7. The van der Waals surface area contributed by atoms with Crippen molar-refractivity contribution >= 4 is 23.5 Å². The lowest BCUT2D eigenvalue weighted by Gasteiger charge is -2.19. The van der Waals surface area contributed by atoms with Gasteiger partial charge in [-0.3, -0.25) is 4.79 Å². The van der Waals surface area contributed by atoms with Crippen LogP contribution >= 0.6 is 11.6 Å². The van der Waals surface area contributed by atoms with Gasteiger partial charge in [0.15, 0.2) is 0 Å². The fourth-order valence-corrected chi connectivity index (χ4v) is 1.79. The molecule has 0 heterocycles. The SMILES string of the molecule is O=C(O)CC(O)C(O)c1c(Cl)cccc1C(=O)O. The predicted molar refractivity (Wildman–Crippen MR) is 61.6 cm³/mol. The molecule has 0 aliphatic carbocycles. The summed E-state index contributed by atoms with van der Waals surface area (Å²) in [6.07, 6.45) is -4.03. The summed E-state index contributed by atoms with van der Waals surface area (Å²) in [7, 11) is 0. The number of benzene rings is 1. The van der Waals surface area contributed by atoms with E-state index in [2.05, 4.69) is 0 Å². The van der Waals surface area contributed by atoms with E-state index in [9.17, 15) is 19.8 Å². The average molecular weight is 275 g/mol. The maximum atomic E-state index is 11.0. The second kappa shape index (κ2) is 5.81. The number of rotatable bonds is 5. The Kier molecular flexibility index (Phi) is 4.66. The van der Waals surface area contributed by atoms with Gasteiger partial charge in [-0.15, -0.1) is 0 Å². The number of aliphatic hydroxyl groups excluding tert-OH is 2. The fraction of sp³-hybridized carbons (Fsp3) is 0.273. The van der Waals surface area contributed by atoms with Crippen LogP contribution in [0.5, 0.6) is 0 Å². The molecule has 1 aromatic carbocycles. The molecule has 18 heavy (non-hydrogen) atoms. The molecule has 0 amide bonds. The molecule has 1 rings (SSSR count). The van der Waals surface area contributed by atoms with E-state index in [1.165, 1.54) is 18.2 Å². The summed E-state index contributed by atoms with van der Waals surface area (Å²) < 4.78 is 0. The molecule has 0 fully saturated rings. The van der Waals surface area contributed by atoms with E-state index in [0.29, 0.717) is 0 Å². The number of carboxylic acid groups (broad SMARTS) is 2. The Morgan fingerprint density at radius 3 is 2.33 bits per heavy atom. The summed E-state index contributed by atoms with van der Waals surface area (Å²) in [6.45, 7) is 0. The van der Waals surface area contributed by atoms with Gasteiger partial charge in [0.05, 0.1) is 18.1 Å². The molecule has 2 atom stereocenters. The van der Waals surface area contributed by atoms with Crippen molar-refractivity contribution < 1.29 is 30.0 Å². The van der Waals surface area contributed by atoms with Gasteiger partial charge in [-0.25, -0.2) is 4.79 Å². The Labute approximate surface area is 107 Å². The topological polar surface area (TPSA) is 115 Å². The van der Waals surface area contributed by atoms with Gasteiger partial charge in [0.1, 0.15) is 6.10 Å². The second-order valence-corrected chi connectivity index (χ2v) is 4.02. The first-order chi connectivity index (χ1) is 8.34. The van der Waals surface area contributed by atoms with E-state index < -0.39 is 30.6 Å². The fourth-order valence-electron chi connectivity index (χ4n) is 1.51. The minimum absolute atomic E-state index is 0.0492. The molecule has 0 bridgehead atoms. The Balaban J connectivity index is 3.15. The van der Waals surface area contributed by atoms with Crippen molar-refractivity contribution in [2.75, 3.05) is 0 Å². The maximum absolute atomic E-state index is 11.0. The van der Waals surface area contributed by atoms with Gasteiger partial charge in [-0.2, -0.15) is 0 Å². The molecule has 2 unspecified atom stereocenters. The molecule has 0 radical (unpaired) electrons. The minimum Gasteiger partial charge on any atom is -0.481 e. The number of aliphatic carboxylic acids is 1. The molecule has 4 N–H and O–H groups in total. The molecule has 0 saturated carbocycles. The van der Waals surface area contributed by atoms with Crippen LogP contribution < -0.4 is 0 Å². The Morgan fingerprint density at radius 2 is 1.83 bits per heavy atom. The van der Waals surface area contributed by atoms with Crippen LogP contribution in [0.3, 0.4) is 0 Å². The van der Waals surface area contributed by atoms with E-state index in [-0.39, 0.29) is 16.1 Å². The largest absolute Gasteiger partial charge is 0.481 e. The van der Waals surface area contributed by atoms with Gasteiger partial charge in [0.25, 0.3) is 0 Å². The van der Waals surface area contributed by atoms with Crippen LogP contribution in [0.2, 0.25) is 5.02 Å². The zero-order chi connectivity index (χ0) is 13.9. The third kappa shape index (κ3) is 3.19. The molecular weight excluding hydrogens is 264 g/mol. The molecule has 0 saturated heterocycles. The van der Waals surface area contributed by atoms with E-state index in [1.807, 2.05) is 0 Å². The van der Waals surface area contributed by atoms with Crippen molar-refractivity contribution in [1.29, 1.82) is 0 Å². The average Bonchev–Trinajstić information content (AvgIpc) is 2.26. The summed E-state index contributed by atoms with van der Waals surface area (Å²) >= 11 is 5.77. The third-order valence-electron chi connectivity index (χ3n) is 2.33. The summed E-state index contributed by atoms with van der Waals surface area (Å²) in [5.41, 5.74) is -0.472. The van der Waals surface area contributed by atoms with E-state index >= 15 is 0 Å². The molecule has 1 aromatic rings.